The van der Waals surface area contributed by atoms with Gasteiger partial charge in [0.05, 0.1) is 13.1 Å². The van der Waals surface area contributed by atoms with Gasteiger partial charge in [0.25, 0.3) is 0 Å². The molecule has 1 heterocycles. The molecule has 1 aliphatic heterocycles. The number of morpholine rings is 1. The van der Waals surface area contributed by atoms with Crippen LogP contribution < -0.4 is 0 Å². The van der Waals surface area contributed by atoms with Gasteiger partial charge in [-0.2, -0.15) is 0 Å². The van der Waals surface area contributed by atoms with Crippen LogP contribution in [-0.4, -0.2) is 47.3 Å². The molecule has 2 N–H and O–H groups in total. The highest BCUT2D eigenvalue weighted by atomic mass is 16.5. The Labute approximate surface area is 60.9 Å². The minimum Gasteiger partial charge on any atom is -0.432 e. The molecule has 0 aromatic heterocycles. The van der Waals surface area contributed by atoms with E-state index in [0.29, 0.717) is 0 Å². The summed E-state index contributed by atoms with van der Waals surface area (Å²) in [4.78, 5) is 1.96. The molecular weight excluding hydrogens is 130 g/mol. The van der Waals surface area contributed by atoms with Crippen LogP contribution in [0.25, 0.3) is 0 Å². The van der Waals surface area contributed by atoms with E-state index in [-0.39, 0.29) is 0 Å². The minimum absolute atomic E-state index is 0.476. The molecule has 1 atom stereocenters. The average molecular weight is 144 g/mol. The standard InChI is InChI=1S/C7H13NO2/c1-2-7(9)8-3-5-10-6-4-8/h2,7,9H,1,3-6H2/p+1. The summed E-state index contributed by atoms with van der Waals surface area (Å²) in [6.45, 7) is 6.90. The lowest BCUT2D eigenvalue weighted by Crippen LogP contribution is -2.43. The Morgan fingerprint density at radius 3 is 2.60 bits per heavy atom. The first-order valence-electron chi connectivity index (χ1n) is 3.52. The lowest BCUT2D eigenvalue weighted by atomic mass is 10.4. The second-order valence-corrected chi connectivity index (χ2v) is 2.36. The molecule has 0 saturated carbocycles. The Hall–Kier alpha value is -0.380. The van der Waals surface area contributed by atoms with Crippen LogP contribution in [-0.2, 0) is 0 Å². The molecule has 3 nitrogen and oxygen atoms in total. The van der Waals surface area contributed by atoms with Crippen LogP contribution in [0.2, 0.25) is 0 Å². The first-order valence-corrected chi connectivity index (χ1v) is 3.52. The quantitative estimate of drug-likeness (QED) is 0.412. The third-order valence-electron chi connectivity index (χ3n) is 1.68. The Bertz CT molecular complexity index is 110. The van der Waals surface area contributed by atoms with Crippen molar-refractivity contribution < 1.29 is 9.84 Å². The summed E-state index contributed by atoms with van der Waals surface area (Å²) < 4.78 is 4.16. The smallest absolute Gasteiger partial charge is 0.157 e. The largest absolute Gasteiger partial charge is 0.432 e. The van der Waals surface area contributed by atoms with Crippen LogP contribution in [0.4, 0.5) is 0 Å². The normalized spacial score (nSPS) is 24.1. The van der Waals surface area contributed by atoms with E-state index >= 15 is 0 Å². The van der Waals surface area contributed by atoms with Gasteiger partial charge in [-0.05, 0) is 6.08 Å². The molecule has 0 radical (unpaired) electrons. The van der Waals surface area contributed by atoms with E-state index in [9.17, 15) is 5.11 Å². The molecule has 0 spiro atoms. The monoisotopic (exact) mass is 144 g/mol. The molecule has 0 aromatic carbocycles. The number of rotatable bonds is 2. The minimum atomic E-state index is -0.476. The summed E-state index contributed by atoms with van der Waals surface area (Å²) in [6.07, 6.45) is 1.07. The number of hydrogen-bond acceptors (Lipinski definition) is 2. The molecular formula is C7H14NO2+. The van der Waals surface area contributed by atoms with Gasteiger partial charge in [-0.1, -0.05) is 6.58 Å². The molecule has 1 fully saturated rings. The van der Waals surface area contributed by atoms with Crippen molar-refractivity contribution in [3.05, 3.63) is 12.7 Å². The van der Waals surface area contributed by atoms with Gasteiger partial charge in [-0.15, -0.1) is 0 Å². The zero-order valence-corrected chi connectivity index (χ0v) is 6.03. The number of aliphatic hydroxyl groups excluding tert-OH is 1. The van der Waals surface area contributed by atoms with Gasteiger partial charge < -0.3 is 9.84 Å². The molecule has 1 aliphatic rings. The van der Waals surface area contributed by atoms with Crippen molar-refractivity contribution in [2.75, 3.05) is 26.3 Å². The van der Waals surface area contributed by atoms with Crippen molar-refractivity contribution in [3.63, 3.8) is 0 Å². The highest BCUT2D eigenvalue weighted by molar-refractivity contribution is 4.79. The first kappa shape index (κ1) is 7.72. The maximum atomic E-state index is 9.25. The van der Waals surface area contributed by atoms with Crippen molar-refractivity contribution in [1.82, 2.24) is 4.90 Å². The zero-order valence-electron chi connectivity index (χ0n) is 6.03. The van der Waals surface area contributed by atoms with Crippen molar-refractivity contribution in [1.29, 1.82) is 0 Å². The molecule has 1 unspecified atom stereocenters. The predicted molar refractivity (Wildman–Crippen MR) is 39.7 cm³/mol. The van der Waals surface area contributed by atoms with Crippen LogP contribution >= 0.6 is 0 Å². The van der Waals surface area contributed by atoms with E-state index in [4.69, 9.17) is 0 Å². The third-order valence-corrected chi connectivity index (χ3v) is 1.68. The van der Waals surface area contributed by atoms with Gasteiger partial charge in [0.2, 0.25) is 0 Å². The first-order chi connectivity index (χ1) is 4.84. The predicted octanol–water partition coefficient (Wildman–Crippen LogP) is -0.666. The maximum Gasteiger partial charge on any atom is 0.157 e. The molecule has 58 valence electrons. The second kappa shape index (κ2) is 3.71. The van der Waals surface area contributed by atoms with E-state index in [1.54, 1.807) is 6.08 Å². The summed E-state index contributed by atoms with van der Waals surface area (Å²) in [5, 5.41) is 9.25. The molecule has 0 bridgehead atoms. The van der Waals surface area contributed by atoms with Gasteiger partial charge in [0.15, 0.2) is 13.2 Å². The van der Waals surface area contributed by atoms with E-state index in [1.165, 1.54) is 0 Å². The van der Waals surface area contributed by atoms with Crippen LogP contribution in [0.1, 0.15) is 0 Å². The van der Waals surface area contributed by atoms with Crippen molar-refractivity contribution in [2.24, 2.45) is 0 Å². The highest BCUT2D eigenvalue weighted by Crippen LogP contribution is 1.99. The van der Waals surface area contributed by atoms with Crippen LogP contribution in [0.5, 0.6) is 0 Å². The Balaban J connectivity index is 2.30. The maximum absolute atomic E-state index is 9.25. The summed E-state index contributed by atoms with van der Waals surface area (Å²) in [5.41, 5.74) is 0. The average Bonchev–Trinajstić information content (AvgIpc) is 2.05. The van der Waals surface area contributed by atoms with Crippen molar-refractivity contribution >= 4 is 0 Å². The Kier molecular flexibility index (Phi) is 2.86. The fourth-order valence-corrected chi connectivity index (χ4v) is 1.04. The van der Waals surface area contributed by atoms with Crippen molar-refractivity contribution in [3.8, 4) is 0 Å². The Morgan fingerprint density at radius 1 is 1.50 bits per heavy atom. The van der Waals surface area contributed by atoms with Crippen LogP contribution in [0, 0.1) is 0 Å². The molecule has 0 amide bonds. The van der Waals surface area contributed by atoms with Gasteiger partial charge in [0.1, 0.15) is 6.23 Å². The molecule has 0 aromatic rings. The van der Waals surface area contributed by atoms with E-state index in [1.807, 2.05) is 4.90 Å². The second-order valence-electron chi connectivity index (χ2n) is 2.36. The summed E-state index contributed by atoms with van der Waals surface area (Å²) >= 11 is 0. The number of ether oxygens (including phenoxy) is 1. The lowest BCUT2D eigenvalue weighted by Gasteiger charge is -2.26. The lowest BCUT2D eigenvalue weighted by molar-refractivity contribution is -0.119. The Morgan fingerprint density at radius 2 is 2.10 bits per heavy atom. The van der Waals surface area contributed by atoms with Gasteiger partial charge >= 0.3 is 0 Å². The molecule has 10 heavy (non-hydrogen) atoms. The summed E-state index contributed by atoms with van der Waals surface area (Å²) in [7, 11) is 0. The van der Waals surface area contributed by atoms with E-state index in [0.717, 1.165) is 26.3 Å². The summed E-state index contributed by atoms with van der Waals surface area (Å²) in [6, 6.07) is 0. The van der Waals surface area contributed by atoms with Crippen LogP contribution in [0.3, 0.4) is 0 Å². The number of hydrogen-bond donors (Lipinski definition) is 1. The van der Waals surface area contributed by atoms with E-state index in [2.05, 4.69) is 11.3 Å². The molecule has 0 aliphatic carbocycles. The van der Waals surface area contributed by atoms with Gasteiger partial charge in [0, 0.05) is 0 Å². The molecule has 3 heteroatoms. The van der Waals surface area contributed by atoms with Crippen molar-refractivity contribution in [2.45, 2.75) is 6.23 Å². The number of nitrogens with zero attached hydrogens (tertiary/aromatic N) is 1. The fourth-order valence-electron chi connectivity index (χ4n) is 1.04. The third kappa shape index (κ3) is 1.80. The SMILES string of the molecule is C=CC(O)N1CC[OH+]CC1. The summed E-state index contributed by atoms with van der Waals surface area (Å²) in [5.74, 6) is 0. The zero-order chi connectivity index (χ0) is 7.40. The highest BCUT2D eigenvalue weighted by Gasteiger charge is 2.17. The van der Waals surface area contributed by atoms with Gasteiger partial charge in [-0.25, -0.2) is 0 Å². The fraction of sp³-hybridized carbons (Fsp3) is 0.714. The molecule has 1 saturated heterocycles. The number of aliphatic hydroxyl groups is 3. The van der Waals surface area contributed by atoms with Gasteiger partial charge in [-0.3, -0.25) is 4.90 Å². The molecule has 1 rings (SSSR count). The topological polar surface area (TPSA) is 36.3 Å². The van der Waals surface area contributed by atoms with Crippen LogP contribution in [0.15, 0.2) is 12.7 Å². The van der Waals surface area contributed by atoms with E-state index < -0.39 is 6.23 Å².